The van der Waals surface area contributed by atoms with E-state index in [1.807, 2.05) is 6.92 Å². The molecule has 0 atom stereocenters. The predicted molar refractivity (Wildman–Crippen MR) is 72.4 cm³/mol. The molecule has 1 aromatic carbocycles. The molecular weight excluding hydrogens is 244 g/mol. The zero-order chi connectivity index (χ0) is 14.0. The van der Waals surface area contributed by atoms with Crippen molar-refractivity contribution in [1.29, 1.82) is 0 Å². The summed E-state index contributed by atoms with van der Waals surface area (Å²) < 4.78 is 1.16. The molecular formula is C14H14N2O3. The minimum absolute atomic E-state index is 0.112. The molecule has 0 aliphatic carbocycles. The van der Waals surface area contributed by atoms with Crippen LogP contribution in [0.25, 0.3) is 10.8 Å². The van der Waals surface area contributed by atoms with Gasteiger partial charge in [-0.25, -0.2) is 9.48 Å². The summed E-state index contributed by atoms with van der Waals surface area (Å²) in [6.45, 7) is 5.98. The number of aromatic carboxylic acids is 1. The Balaban J connectivity index is 2.73. The number of nitrogens with zero attached hydrogens (tertiary/aromatic N) is 2. The van der Waals surface area contributed by atoms with Gasteiger partial charge in [0.25, 0.3) is 5.56 Å². The van der Waals surface area contributed by atoms with Crippen molar-refractivity contribution in [3.05, 3.63) is 52.5 Å². The molecule has 0 spiro atoms. The number of aromatic nitrogens is 2. The van der Waals surface area contributed by atoms with E-state index in [4.69, 9.17) is 0 Å². The van der Waals surface area contributed by atoms with E-state index in [1.54, 1.807) is 24.3 Å². The molecule has 0 fully saturated rings. The van der Waals surface area contributed by atoms with Crippen molar-refractivity contribution >= 4 is 16.7 Å². The van der Waals surface area contributed by atoms with Crippen molar-refractivity contribution in [2.75, 3.05) is 0 Å². The molecule has 1 heterocycles. The van der Waals surface area contributed by atoms with Crippen molar-refractivity contribution in [3.8, 4) is 0 Å². The van der Waals surface area contributed by atoms with Crippen molar-refractivity contribution in [2.24, 2.45) is 0 Å². The highest BCUT2D eigenvalue weighted by atomic mass is 16.4. The summed E-state index contributed by atoms with van der Waals surface area (Å²) in [5, 5.41) is 13.8. The summed E-state index contributed by atoms with van der Waals surface area (Å²) in [6, 6.07) is 6.59. The second kappa shape index (κ2) is 5.06. The predicted octanol–water partition coefficient (Wildman–Crippen LogP) is 2.06. The van der Waals surface area contributed by atoms with Gasteiger partial charge in [0.1, 0.15) is 0 Å². The topological polar surface area (TPSA) is 72.2 Å². The van der Waals surface area contributed by atoms with Gasteiger partial charge in [0.2, 0.25) is 0 Å². The molecule has 0 aliphatic heterocycles. The summed E-state index contributed by atoms with van der Waals surface area (Å²) in [5.74, 6) is -1.15. The Kier molecular flexibility index (Phi) is 3.46. The lowest BCUT2D eigenvalue weighted by molar-refractivity contribution is 0.0690. The first-order valence-electron chi connectivity index (χ1n) is 5.94. The fourth-order valence-corrected chi connectivity index (χ4v) is 1.82. The molecule has 98 valence electrons. The molecule has 0 bridgehead atoms. The quantitative estimate of drug-likeness (QED) is 0.852. The first kappa shape index (κ1) is 13.0. The van der Waals surface area contributed by atoms with E-state index >= 15 is 0 Å². The van der Waals surface area contributed by atoms with Gasteiger partial charge < -0.3 is 5.11 Å². The number of fused-ring (bicyclic) bond motifs is 1. The van der Waals surface area contributed by atoms with E-state index in [2.05, 4.69) is 11.7 Å². The monoisotopic (exact) mass is 258 g/mol. The van der Waals surface area contributed by atoms with Gasteiger partial charge in [-0.1, -0.05) is 37.3 Å². The van der Waals surface area contributed by atoms with E-state index in [0.717, 1.165) is 10.3 Å². The molecule has 0 saturated carbocycles. The first-order valence-corrected chi connectivity index (χ1v) is 5.94. The van der Waals surface area contributed by atoms with Crippen LogP contribution in [0.3, 0.4) is 0 Å². The lowest BCUT2D eigenvalue weighted by Gasteiger charge is -2.09. The zero-order valence-electron chi connectivity index (χ0n) is 10.6. The highest BCUT2D eigenvalue weighted by Crippen LogP contribution is 2.13. The fraction of sp³-hybridized carbons (Fsp3) is 0.214. The molecule has 1 aromatic heterocycles. The Bertz CT molecular complexity index is 716. The van der Waals surface area contributed by atoms with Gasteiger partial charge in [-0.05, 0) is 12.5 Å². The van der Waals surface area contributed by atoms with Gasteiger partial charge in [0, 0.05) is 5.39 Å². The number of hydrogen-bond donors (Lipinski definition) is 1. The lowest BCUT2D eigenvalue weighted by atomic mass is 10.1. The van der Waals surface area contributed by atoms with Crippen LogP contribution >= 0.6 is 0 Å². The largest absolute Gasteiger partial charge is 0.476 e. The highest BCUT2D eigenvalue weighted by molar-refractivity contribution is 6.01. The summed E-state index contributed by atoms with van der Waals surface area (Å²) in [6.07, 6.45) is 0.712. The Labute approximate surface area is 109 Å². The third-order valence-corrected chi connectivity index (χ3v) is 2.94. The number of carboxylic acid groups (broad SMARTS) is 1. The average molecular weight is 258 g/mol. The lowest BCUT2D eigenvalue weighted by Crippen LogP contribution is -2.26. The Morgan fingerprint density at radius 1 is 1.37 bits per heavy atom. The van der Waals surface area contributed by atoms with Gasteiger partial charge in [0.05, 0.1) is 11.9 Å². The third kappa shape index (κ3) is 2.40. The van der Waals surface area contributed by atoms with E-state index in [9.17, 15) is 14.7 Å². The molecule has 19 heavy (non-hydrogen) atoms. The van der Waals surface area contributed by atoms with Gasteiger partial charge in [0.15, 0.2) is 5.69 Å². The Morgan fingerprint density at radius 3 is 2.58 bits per heavy atom. The van der Waals surface area contributed by atoms with Crippen LogP contribution in [-0.4, -0.2) is 20.9 Å². The normalized spacial score (nSPS) is 10.6. The van der Waals surface area contributed by atoms with E-state index in [1.165, 1.54) is 0 Å². The second-order valence-electron chi connectivity index (χ2n) is 4.27. The summed E-state index contributed by atoms with van der Waals surface area (Å²) >= 11 is 0. The third-order valence-electron chi connectivity index (χ3n) is 2.94. The van der Waals surface area contributed by atoms with Crippen molar-refractivity contribution in [2.45, 2.75) is 19.9 Å². The van der Waals surface area contributed by atoms with Crippen LogP contribution in [0, 0.1) is 0 Å². The number of carbonyl (C=O) groups is 1. The van der Waals surface area contributed by atoms with Crippen LogP contribution in [0.15, 0.2) is 41.2 Å². The SMILES string of the molecule is C=C(CC)Cn1nc(C(=O)O)c2ccccc2c1=O. The number of rotatable bonds is 4. The molecule has 5 heteroatoms. The fourth-order valence-electron chi connectivity index (χ4n) is 1.82. The van der Waals surface area contributed by atoms with Crippen molar-refractivity contribution < 1.29 is 9.90 Å². The standard InChI is InChI=1S/C14H14N2O3/c1-3-9(2)8-16-13(17)11-7-5-4-6-10(11)12(15-16)14(18)19/h4-7H,2-3,8H2,1H3,(H,18,19). The van der Waals surface area contributed by atoms with Crippen LogP contribution in [0.5, 0.6) is 0 Å². The number of carboxylic acids is 1. The maximum absolute atomic E-state index is 12.2. The molecule has 0 saturated heterocycles. The second-order valence-corrected chi connectivity index (χ2v) is 4.27. The Hall–Kier alpha value is -2.43. The van der Waals surface area contributed by atoms with E-state index in [-0.39, 0.29) is 17.8 Å². The average Bonchev–Trinajstić information content (AvgIpc) is 2.41. The highest BCUT2D eigenvalue weighted by Gasteiger charge is 2.15. The molecule has 2 rings (SSSR count). The van der Waals surface area contributed by atoms with Gasteiger partial charge >= 0.3 is 5.97 Å². The molecule has 5 nitrogen and oxygen atoms in total. The maximum Gasteiger partial charge on any atom is 0.357 e. The molecule has 2 aromatic rings. The van der Waals surface area contributed by atoms with Gasteiger partial charge in [-0.3, -0.25) is 4.79 Å². The number of allylic oxidation sites excluding steroid dienone is 1. The van der Waals surface area contributed by atoms with Gasteiger partial charge in [-0.2, -0.15) is 5.10 Å². The summed E-state index contributed by atoms with van der Waals surface area (Å²) in [4.78, 5) is 23.5. The summed E-state index contributed by atoms with van der Waals surface area (Å²) in [7, 11) is 0. The molecule has 0 unspecified atom stereocenters. The first-order chi connectivity index (χ1) is 9.04. The van der Waals surface area contributed by atoms with Crippen molar-refractivity contribution in [3.63, 3.8) is 0 Å². The Morgan fingerprint density at radius 2 is 2.00 bits per heavy atom. The number of benzene rings is 1. The number of hydrogen-bond acceptors (Lipinski definition) is 3. The molecule has 0 radical (unpaired) electrons. The molecule has 0 amide bonds. The van der Waals surface area contributed by atoms with Crippen LogP contribution in [0.1, 0.15) is 23.8 Å². The van der Waals surface area contributed by atoms with Crippen molar-refractivity contribution in [1.82, 2.24) is 9.78 Å². The van der Waals surface area contributed by atoms with Crippen LogP contribution in [-0.2, 0) is 6.54 Å². The van der Waals surface area contributed by atoms with Crippen LogP contribution in [0.2, 0.25) is 0 Å². The van der Waals surface area contributed by atoms with Gasteiger partial charge in [-0.15, -0.1) is 0 Å². The van der Waals surface area contributed by atoms with Crippen LogP contribution in [0.4, 0.5) is 0 Å². The maximum atomic E-state index is 12.2. The zero-order valence-corrected chi connectivity index (χ0v) is 10.6. The van der Waals surface area contributed by atoms with E-state index < -0.39 is 5.97 Å². The summed E-state index contributed by atoms with van der Waals surface area (Å²) in [5.41, 5.74) is 0.413. The van der Waals surface area contributed by atoms with E-state index in [0.29, 0.717) is 17.2 Å². The minimum Gasteiger partial charge on any atom is -0.476 e. The molecule has 1 N–H and O–H groups in total. The van der Waals surface area contributed by atoms with Crippen LogP contribution < -0.4 is 5.56 Å². The smallest absolute Gasteiger partial charge is 0.357 e. The minimum atomic E-state index is -1.15. The molecule has 0 aliphatic rings.